The molecule has 1 aromatic rings. The van der Waals surface area contributed by atoms with Gasteiger partial charge in [-0.05, 0) is 13.0 Å². The van der Waals surface area contributed by atoms with Crippen molar-refractivity contribution in [2.24, 2.45) is 0 Å². The lowest BCUT2D eigenvalue weighted by atomic mass is 10.0. The molecule has 1 rings (SSSR count). The lowest BCUT2D eigenvalue weighted by Gasteiger charge is -2.11. The Kier molecular flexibility index (Phi) is 5.44. The minimum Gasteiger partial charge on any atom is -0.496 e. The van der Waals surface area contributed by atoms with Crippen molar-refractivity contribution in [3.8, 4) is 5.75 Å². The molecule has 1 aromatic carbocycles. The molecule has 0 aliphatic carbocycles. The van der Waals surface area contributed by atoms with Gasteiger partial charge in [-0.15, -0.1) is 0 Å². The molecule has 19 heavy (non-hydrogen) atoms. The molecule has 6 heteroatoms. The first-order chi connectivity index (χ1) is 9.06. The Bertz CT molecular complexity index is 484. The van der Waals surface area contributed by atoms with Crippen molar-refractivity contribution < 1.29 is 28.2 Å². The second kappa shape index (κ2) is 6.84. The van der Waals surface area contributed by atoms with Crippen LogP contribution in [0, 0.1) is 5.82 Å². The molecule has 0 N–H and O–H groups in total. The first-order valence-electron chi connectivity index (χ1n) is 5.62. The van der Waals surface area contributed by atoms with Crippen molar-refractivity contribution in [2.45, 2.75) is 13.5 Å². The van der Waals surface area contributed by atoms with E-state index < -0.39 is 23.1 Å². The van der Waals surface area contributed by atoms with E-state index in [9.17, 15) is 14.0 Å². The molecular formula is C13H15FO5. The lowest BCUT2D eigenvalue weighted by molar-refractivity contribution is -0.137. The van der Waals surface area contributed by atoms with Crippen molar-refractivity contribution in [2.75, 3.05) is 20.8 Å². The number of carbonyl (C=O) groups is 2. The van der Waals surface area contributed by atoms with Crippen LogP contribution in [0.1, 0.15) is 22.8 Å². The van der Waals surface area contributed by atoms with E-state index in [-0.39, 0.29) is 24.5 Å². The highest BCUT2D eigenvalue weighted by atomic mass is 19.1. The molecule has 5 nitrogen and oxygen atoms in total. The number of benzene rings is 1. The van der Waals surface area contributed by atoms with Crippen LogP contribution in [0.4, 0.5) is 4.39 Å². The normalized spacial score (nSPS) is 10.1. The molecule has 0 aliphatic rings. The maximum absolute atomic E-state index is 14.2. The molecule has 0 atom stereocenters. The Labute approximate surface area is 110 Å². The summed E-state index contributed by atoms with van der Waals surface area (Å²) in [6.07, 6.45) is 0. The smallest absolute Gasteiger partial charge is 0.379 e. The molecule has 0 heterocycles. The van der Waals surface area contributed by atoms with Gasteiger partial charge in [0.1, 0.15) is 17.1 Å². The van der Waals surface area contributed by atoms with E-state index in [4.69, 9.17) is 9.47 Å². The van der Waals surface area contributed by atoms with Gasteiger partial charge in [0, 0.05) is 12.7 Å². The Morgan fingerprint density at radius 3 is 2.47 bits per heavy atom. The molecule has 0 aromatic heterocycles. The monoisotopic (exact) mass is 270 g/mol. The number of hydrogen-bond donors (Lipinski definition) is 0. The van der Waals surface area contributed by atoms with E-state index in [1.807, 2.05) is 0 Å². The summed E-state index contributed by atoms with van der Waals surface area (Å²) in [6, 6.07) is 2.84. The standard InChI is InChI=1S/C13H15FO5/c1-4-19-13(16)12(15)10-9(18-3)6-5-8(7-17-2)11(10)14/h5-6H,4,7H2,1-3H3. The van der Waals surface area contributed by atoms with Crippen LogP contribution in [0.25, 0.3) is 0 Å². The quantitative estimate of drug-likeness (QED) is 0.447. The molecule has 0 aliphatic heterocycles. The molecule has 0 unspecified atom stereocenters. The van der Waals surface area contributed by atoms with Crippen LogP contribution >= 0.6 is 0 Å². The minimum atomic E-state index is -1.12. The minimum absolute atomic E-state index is 0.0149. The van der Waals surface area contributed by atoms with E-state index >= 15 is 0 Å². The van der Waals surface area contributed by atoms with Gasteiger partial charge in [-0.1, -0.05) is 6.07 Å². The number of halogens is 1. The van der Waals surface area contributed by atoms with Gasteiger partial charge in [-0.2, -0.15) is 0 Å². The fourth-order valence-electron chi connectivity index (χ4n) is 1.55. The summed E-state index contributed by atoms with van der Waals surface area (Å²) in [5.41, 5.74) is -0.272. The molecule has 0 saturated carbocycles. The molecule has 0 saturated heterocycles. The van der Waals surface area contributed by atoms with Crippen LogP contribution in [0.5, 0.6) is 5.75 Å². The number of rotatable bonds is 6. The van der Waals surface area contributed by atoms with Crippen LogP contribution < -0.4 is 4.74 Å². The van der Waals surface area contributed by atoms with Crippen LogP contribution in [-0.2, 0) is 20.9 Å². The Morgan fingerprint density at radius 2 is 1.95 bits per heavy atom. The topological polar surface area (TPSA) is 61.8 Å². The van der Waals surface area contributed by atoms with E-state index in [0.29, 0.717) is 0 Å². The summed E-state index contributed by atoms with van der Waals surface area (Å²) >= 11 is 0. The van der Waals surface area contributed by atoms with Crippen LogP contribution in [0.3, 0.4) is 0 Å². The van der Waals surface area contributed by atoms with Crippen LogP contribution in [-0.4, -0.2) is 32.6 Å². The third-order valence-electron chi connectivity index (χ3n) is 2.39. The van der Waals surface area contributed by atoms with Gasteiger partial charge in [0.25, 0.3) is 5.78 Å². The molecule has 0 bridgehead atoms. The zero-order chi connectivity index (χ0) is 14.4. The van der Waals surface area contributed by atoms with E-state index in [0.717, 1.165) is 0 Å². The summed E-state index contributed by atoms with van der Waals surface area (Å²) in [7, 11) is 2.68. The molecule has 0 amide bonds. The number of esters is 1. The number of ketones is 1. The highest BCUT2D eigenvalue weighted by Crippen LogP contribution is 2.25. The predicted octanol–water partition coefficient (Wildman–Crippen LogP) is 1.73. The molecule has 0 spiro atoms. The zero-order valence-electron chi connectivity index (χ0n) is 11.0. The summed E-state index contributed by atoms with van der Waals surface area (Å²) in [5.74, 6) is -3.04. The van der Waals surface area contributed by atoms with Gasteiger partial charge in [0.2, 0.25) is 0 Å². The fraction of sp³-hybridized carbons (Fsp3) is 0.385. The number of methoxy groups -OCH3 is 2. The first-order valence-corrected chi connectivity index (χ1v) is 5.62. The summed E-state index contributed by atoms with van der Waals surface area (Å²) in [5, 5.41) is 0. The van der Waals surface area contributed by atoms with Crippen molar-refractivity contribution >= 4 is 11.8 Å². The summed E-state index contributed by atoms with van der Waals surface area (Å²) < 4.78 is 28.5. The lowest BCUT2D eigenvalue weighted by Crippen LogP contribution is -2.20. The summed E-state index contributed by atoms with van der Waals surface area (Å²) in [6.45, 7) is 1.57. The molecule has 0 radical (unpaired) electrons. The maximum atomic E-state index is 14.2. The van der Waals surface area contributed by atoms with E-state index in [1.54, 1.807) is 6.92 Å². The largest absolute Gasteiger partial charge is 0.496 e. The zero-order valence-corrected chi connectivity index (χ0v) is 11.0. The number of ether oxygens (including phenoxy) is 3. The van der Waals surface area contributed by atoms with E-state index in [1.165, 1.54) is 26.4 Å². The number of Topliss-reactive ketones (excluding diaryl/α,β-unsaturated/α-hetero) is 1. The Morgan fingerprint density at radius 1 is 1.26 bits per heavy atom. The Balaban J connectivity index is 3.26. The molecule has 0 fully saturated rings. The molecular weight excluding hydrogens is 255 g/mol. The third-order valence-corrected chi connectivity index (χ3v) is 2.39. The van der Waals surface area contributed by atoms with Crippen molar-refractivity contribution in [3.05, 3.63) is 29.1 Å². The second-order valence-corrected chi connectivity index (χ2v) is 3.60. The number of hydrogen-bond acceptors (Lipinski definition) is 5. The van der Waals surface area contributed by atoms with Crippen molar-refractivity contribution in [1.82, 2.24) is 0 Å². The SMILES string of the molecule is CCOC(=O)C(=O)c1c(OC)ccc(COC)c1F. The van der Waals surface area contributed by atoms with Crippen molar-refractivity contribution in [3.63, 3.8) is 0 Å². The third kappa shape index (κ3) is 3.29. The highest BCUT2D eigenvalue weighted by molar-refractivity contribution is 6.41. The predicted molar refractivity (Wildman–Crippen MR) is 64.6 cm³/mol. The average molecular weight is 270 g/mol. The van der Waals surface area contributed by atoms with Gasteiger partial charge in [0.05, 0.1) is 20.3 Å². The average Bonchev–Trinajstić information content (AvgIpc) is 2.40. The van der Waals surface area contributed by atoms with Gasteiger partial charge < -0.3 is 14.2 Å². The van der Waals surface area contributed by atoms with Gasteiger partial charge in [-0.3, -0.25) is 4.79 Å². The number of carbonyl (C=O) groups excluding carboxylic acids is 2. The summed E-state index contributed by atoms with van der Waals surface area (Å²) in [4.78, 5) is 23.3. The highest BCUT2D eigenvalue weighted by Gasteiger charge is 2.27. The second-order valence-electron chi connectivity index (χ2n) is 3.60. The molecule has 104 valence electrons. The van der Waals surface area contributed by atoms with Gasteiger partial charge >= 0.3 is 5.97 Å². The van der Waals surface area contributed by atoms with E-state index in [2.05, 4.69) is 4.74 Å². The van der Waals surface area contributed by atoms with Gasteiger partial charge in [0.15, 0.2) is 0 Å². The van der Waals surface area contributed by atoms with Gasteiger partial charge in [-0.25, -0.2) is 9.18 Å². The Hall–Kier alpha value is -1.95. The van der Waals surface area contributed by atoms with Crippen LogP contribution in [0.2, 0.25) is 0 Å². The van der Waals surface area contributed by atoms with Crippen LogP contribution in [0.15, 0.2) is 12.1 Å². The fourth-order valence-corrected chi connectivity index (χ4v) is 1.55. The first kappa shape index (κ1) is 15.1. The maximum Gasteiger partial charge on any atom is 0.379 e. The van der Waals surface area contributed by atoms with Crippen molar-refractivity contribution in [1.29, 1.82) is 0 Å².